The van der Waals surface area contributed by atoms with Crippen molar-refractivity contribution in [1.29, 1.82) is 0 Å². The normalized spacial score (nSPS) is 10.1. The van der Waals surface area contributed by atoms with E-state index in [1.807, 2.05) is 0 Å². The Bertz CT molecular complexity index is 590. The van der Waals surface area contributed by atoms with Crippen LogP contribution in [0.5, 0.6) is 11.5 Å². The molecule has 0 bridgehead atoms. The van der Waals surface area contributed by atoms with Gasteiger partial charge in [0.15, 0.2) is 11.6 Å². The van der Waals surface area contributed by atoms with Gasteiger partial charge in [-0.3, -0.25) is 0 Å². The molecule has 19 heavy (non-hydrogen) atoms. The van der Waals surface area contributed by atoms with Crippen molar-refractivity contribution in [3.63, 3.8) is 0 Å². The summed E-state index contributed by atoms with van der Waals surface area (Å²) in [5, 5.41) is 6.36. The summed E-state index contributed by atoms with van der Waals surface area (Å²) >= 11 is 6.27. The minimum Gasteiger partial charge on any atom is -0.454 e. The highest BCUT2D eigenvalue weighted by Crippen LogP contribution is 2.38. The molecule has 2 heterocycles. The summed E-state index contributed by atoms with van der Waals surface area (Å²) in [5.41, 5.74) is 6.26. The van der Waals surface area contributed by atoms with Crippen LogP contribution in [0, 0.1) is 0 Å². The molecule has 0 aliphatic heterocycles. The lowest BCUT2D eigenvalue weighted by molar-refractivity contribution is 0.480. The summed E-state index contributed by atoms with van der Waals surface area (Å²) in [7, 11) is 3.53. The van der Waals surface area contributed by atoms with Gasteiger partial charge in [-0.05, 0) is 6.07 Å². The average molecular weight is 280 g/mol. The van der Waals surface area contributed by atoms with Crippen molar-refractivity contribution in [3.05, 3.63) is 29.5 Å². The molecule has 6 nitrogen and oxygen atoms in total. The van der Waals surface area contributed by atoms with Gasteiger partial charge in [0, 0.05) is 26.4 Å². The number of hydrogen-bond acceptors (Lipinski definition) is 6. The van der Waals surface area contributed by atoms with E-state index < -0.39 is 0 Å². The highest BCUT2D eigenvalue weighted by molar-refractivity contribution is 6.35. The molecule has 0 radical (unpaired) electrons. The van der Waals surface area contributed by atoms with Gasteiger partial charge in [-0.1, -0.05) is 11.6 Å². The summed E-state index contributed by atoms with van der Waals surface area (Å²) in [6.45, 7) is 0. The van der Waals surface area contributed by atoms with Crippen molar-refractivity contribution in [2.45, 2.75) is 0 Å². The molecule has 0 saturated heterocycles. The standard InChI is InChI=1S/C12H14ClN5O/c1-15-11-10(13)8(6-18-12(11)16-2)19-7-3-4-17-9(14)5-7/h3-6,15H,1-2H3,(H2,14,17)(H,16,18). The number of nitrogens with one attached hydrogen (secondary N) is 2. The molecule has 4 N–H and O–H groups in total. The minimum atomic E-state index is 0.377. The number of hydrogen-bond donors (Lipinski definition) is 3. The number of rotatable bonds is 4. The topological polar surface area (TPSA) is 85.1 Å². The van der Waals surface area contributed by atoms with Crippen LogP contribution in [-0.4, -0.2) is 24.1 Å². The Morgan fingerprint density at radius 2 is 2.05 bits per heavy atom. The van der Waals surface area contributed by atoms with Crippen molar-refractivity contribution >= 4 is 28.9 Å². The first-order valence-electron chi connectivity index (χ1n) is 5.59. The highest BCUT2D eigenvalue weighted by atomic mass is 35.5. The third-order valence-corrected chi connectivity index (χ3v) is 2.83. The summed E-state index contributed by atoms with van der Waals surface area (Å²) in [6, 6.07) is 3.30. The predicted octanol–water partition coefficient (Wildman–Crippen LogP) is 2.59. The van der Waals surface area contributed by atoms with Crippen LogP contribution in [0.4, 0.5) is 17.3 Å². The molecular weight excluding hydrogens is 266 g/mol. The van der Waals surface area contributed by atoms with Crippen molar-refractivity contribution in [1.82, 2.24) is 9.97 Å². The molecule has 0 fully saturated rings. The van der Waals surface area contributed by atoms with E-state index in [1.54, 1.807) is 38.6 Å². The van der Waals surface area contributed by atoms with Gasteiger partial charge in [0.25, 0.3) is 0 Å². The molecule has 2 aromatic rings. The largest absolute Gasteiger partial charge is 0.454 e. The zero-order valence-electron chi connectivity index (χ0n) is 10.6. The molecule has 0 unspecified atom stereocenters. The molecule has 0 spiro atoms. The van der Waals surface area contributed by atoms with E-state index in [0.29, 0.717) is 33.8 Å². The summed E-state index contributed by atoms with van der Waals surface area (Å²) in [4.78, 5) is 8.11. The molecule has 100 valence electrons. The number of ether oxygens (including phenoxy) is 1. The van der Waals surface area contributed by atoms with Crippen LogP contribution in [0.1, 0.15) is 0 Å². The quantitative estimate of drug-likeness (QED) is 0.798. The molecule has 0 saturated carbocycles. The van der Waals surface area contributed by atoms with Crippen LogP contribution in [0.15, 0.2) is 24.5 Å². The van der Waals surface area contributed by atoms with Crippen LogP contribution in [0.2, 0.25) is 5.02 Å². The van der Waals surface area contributed by atoms with Gasteiger partial charge in [-0.15, -0.1) is 0 Å². The van der Waals surface area contributed by atoms with Gasteiger partial charge in [0.05, 0.1) is 11.9 Å². The van der Waals surface area contributed by atoms with Gasteiger partial charge in [0.2, 0.25) is 0 Å². The van der Waals surface area contributed by atoms with E-state index in [1.165, 1.54) is 0 Å². The fraction of sp³-hybridized carbons (Fsp3) is 0.167. The SMILES string of the molecule is CNc1ncc(Oc2ccnc(N)c2)c(Cl)c1NC. The Labute approximate surface area is 116 Å². The highest BCUT2D eigenvalue weighted by Gasteiger charge is 2.13. The molecule has 7 heteroatoms. The van der Waals surface area contributed by atoms with Crippen LogP contribution < -0.4 is 21.1 Å². The second kappa shape index (κ2) is 5.62. The first-order chi connectivity index (χ1) is 9.15. The number of pyridine rings is 2. The first-order valence-corrected chi connectivity index (χ1v) is 5.97. The molecule has 0 aliphatic rings. The molecule has 0 aromatic carbocycles. The van der Waals surface area contributed by atoms with Crippen molar-refractivity contribution in [2.24, 2.45) is 0 Å². The van der Waals surface area contributed by atoms with Crippen LogP contribution in [0.3, 0.4) is 0 Å². The van der Waals surface area contributed by atoms with Gasteiger partial charge >= 0.3 is 0 Å². The second-order valence-electron chi connectivity index (χ2n) is 3.68. The lowest BCUT2D eigenvalue weighted by Crippen LogP contribution is -2.01. The maximum Gasteiger partial charge on any atom is 0.166 e. The molecular formula is C12H14ClN5O. The Kier molecular flexibility index (Phi) is 3.91. The number of halogens is 1. The number of nitrogen functional groups attached to an aromatic ring is 1. The monoisotopic (exact) mass is 279 g/mol. The summed E-state index contributed by atoms with van der Waals surface area (Å²) < 4.78 is 5.65. The minimum absolute atomic E-state index is 0.377. The maximum atomic E-state index is 6.27. The molecule has 0 atom stereocenters. The number of nitrogens with two attached hydrogens (primary N) is 1. The average Bonchev–Trinajstić information content (AvgIpc) is 2.41. The van der Waals surface area contributed by atoms with Crippen LogP contribution >= 0.6 is 11.6 Å². The van der Waals surface area contributed by atoms with Gasteiger partial charge < -0.3 is 21.1 Å². The third-order valence-electron chi connectivity index (χ3n) is 2.45. The van der Waals surface area contributed by atoms with Crippen LogP contribution in [0.25, 0.3) is 0 Å². The summed E-state index contributed by atoms with van der Waals surface area (Å²) in [6.07, 6.45) is 3.11. The van der Waals surface area contributed by atoms with E-state index in [-0.39, 0.29) is 0 Å². The lowest BCUT2D eigenvalue weighted by atomic mass is 10.3. The van der Waals surface area contributed by atoms with E-state index in [4.69, 9.17) is 22.1 Å². The Morgan fingerprint density at radius 1 is 1.26 bits per heavy atom. The second-order valence-corrected chi connectivity index (χ2v) is 4.06. The molecule has 0 amide bonds. The molecule has 2 rings (SSSR count). The van der Waals surface area contributed by atoms with Gasteiger partial charge in [-0.2, -0.15) is 0 Å². The van der Waals surface area contributed by atoms with E-state index in [2.05, 4.69) is 20.6 Å². The van der Waals surface area contributed by atoms with E-state index >= 15 is 0 Å². The predicted molar refractivity (Wildman–Crippen MR) is 77.1 cm³/mol. The van der Waals surface area contributed by atoms with E-state index in [0.717, 1.165) is 0 Å². The van der Waals surface area contributed by atoms with Gasteiger partial charge in [-0.25, -0.2) is 9.97 Å². The Morgan fingerprint density at radius 3 is 2.68 bits per heavy atom. The zero-order valence-corrected chi connectivity index (χ0v) is 11.3. The zero-order chi connectivity index (χ0) is 13.8. The smallest absolute Gasteiger partial charge is 0.166 e. The van der Waals surface area contributed by atoms with Crippen LogP contribution in [-0.2, 0) is 0 Å². The van der Waals surface area contributed by atoms with Crippen molar-refractivity contribution in [2.75, 3.05) is 30.5 Å². The number of nitrogens with zero attached hydrogens (tertiary/aromatic N) is 2. The molecule has 2 aromatic heterocycles. The van der Waals surface area contributed by atoms with Crippen molar-refractivity contribution in [3.8, 4) is 11.5 Å². The fourth-order valence-electron chi connectivity index (χ4n) is 1.58. The summed E-state index contributed by atoms with van der Waals surface area (Å²) in [5.74, 6) is 2.02. The fourth-order valence-corrected chi connectivity index (χ4v) is 1.85. The maximum absolute atomic E-state index is 6.27. The molecule has 0 aliphatic carbocycles. The van der Waals surface area contributed by atoms with Gasteiger partial charge in [0.1, 0.15) is 16.6 Å². The Hall–Kier alpha value is -2.21. The van der Waals surface area contributed by atoms with Crippen molar-refractivity contribution < 1.29 is 4.74 Å². The first kappa shape index (κ1) is 13.2. The Balaban J connectivity index is 2.36. The lowest BCUT2D eigenvalue weighted by Gasteiger charge is -2.13. The number of aromatic nitrogens is 2. The third kappa shape index (κ3) is 2.79. The van der Waals surface area contributed by atoms with E-state index in [9.17, 15) is 0 Å². The number of anilines is 3.